The minimum absolute atomic E-state index is 0.282. The molecule has 1 heterocycles. The summed E-state index contributed by atoms with van der Waals surface area (Å²) >= 11 is 0. The minimum Gasteiger partial charge on any atom is -0.456 e. The van der Waals surface area contributed by atoms with Gasteiger partial charge in [0.25, 0.3) is 5.91 Å². The van der Waals surface area contributed by atoms with Crippen molar-refractivity contribution in [2.75, 3.05) is 5.73 Å². The summed E-state index contributed by atoms with van der Waals surface area (Å²) in [6, 6.07) is 14.0. The van der Waals surface area contributed by atoms with E-state index in [2.05, 4.69) is 4.98 Å². The number of carbonyl (C=O) groups is 1. The average Bonchev–Trinajstić information content (AvgIpc) is 2.47. The van der Waals surface area contributed by atoms with E-state index in [0.717, 1.165) is 10.9 Å². The second-order valence-corrected chi connectivity index (χ2v) is 4.55. The third kappa shape index (κ3) is 2.49. The van der Waals surface area contributed by atoms with Gasteiger partial charge in [-0.05, 0) is 36.4 Å². The summed E-state index contributed by atoms with van der Waals surface area (Å²) in [5.41, 5.74) is 12.7. The fourth-order valence-electron chi connectivity index (χ4n) is 2.11. The Kier molecular flexibility index (Phi) is 3.16. The van der Waals surface area contributed by atoms with E-state index in [9.17, 15) is 4.79 Å². The lowest BCUT2D eigenvalue weighted by atomic mass is 10.1. The van der Waals surface area contributed by atoms with E-state index in [4.69, 9.17) is 16.2 Å². The first kappa shape index (κ1) is 12.9. The van der Waals surface area contributed by atoms with Crippen LogP contribution in [0.3, 0.4) is 0 Å². The van der Waals surface area contributed by atoms with Gasteiger partial charge in [0.1, 0.15) is 11.5 Å². The smallest absolute Gasteiger partial charge is 0.252 e. The number of primary amides is 1. The lowest BCUT2D eigenvalue weighted by molar-refractivity contribution is 0.0998. The summed E-state index contributed by atoms with van der Waals surface area (Å²) in [5, 5.41) is 0.845. The molecule has 1 aromatic heterocycles. The highest BCUT2D eigenvalue weighted by Crippen LogP contribution is 2.31. The number of nitrogens with two attached hydrogens (primary N) is 2. The van der Waals surface area contributed by atoms with Crippen molar-refractivity contribution in [1.29, 1.82) is 0 Å². The molecule has 2 aromatic carbocycles. The molecule has 0 fully saturated rings. The Morgan fingerprint density at radius 3 is 2.71 bits per heavy atom. The highest BCUT2D eigenvalue weighted by atomic mass is 16.5. The summed E-state index contributed by atoms with van der Waals surface area (Å²) in [7, 11) is 0. The van der Waals surface area contributed by atoms with Gasteiger partial charge in [-0.25, -0.2) is 0 Å². The van der Waals surface area contributed by atoms with Crippen LogP contribution in [0.15, 0.2) is 54.7 Å². The number of fused-ring (bicyclic) bond motifs is 1. The predicted molar refractivity (Wildman–Crippen MR) is 81.2 cm³/mol. The molecule has 0 radical (unpaired) electrons. The van der Waals surface area contributed by atoms with E-state index in [1.807, 2.05) is 24.3 Å². The third-order valence-corrected chi connectivity index (χ3v) is 3.10. The number of rotatable bonds is 3. The topological polar surface area (TPSA) is 91.2 Å². The first-order valence-corrected chi connectivity index (χ1v) is 6.36. The van der Waals surface area contributed by atoms with Gasteiger partial charge in [0.05, 0.1) is 11.1 Å². The lowest BCUT2D eigenvalue weighted by Crippen LogP contribution is -2.12. The van der Waals surface area contributed by atoms with E-state index >= 15 is 0 Å². The van der Waals surface area contributed by atoms with Gasteiger partial charge in [0.15, 0.2) is 0 Å². The van der Waals surface area contributed by atoms with Crippen LogP contribution in [0.1, 0.15) is 10.4 Å². The zero-order chi connectivity index (χ0) is 14.8. The van der Waals surface area contributed by atoms with Crippen molar-refractivity contribution in [1.82, 2.24) is 4.98 Å². The molecule has 104 valence electrons. The van der Waals surface area contributed by atoms with Crippen molar-refractivity contribution < 1.29 is 9.53 Å². The number of hydrogen-bond acceptors (Lipinski definition) is 4. The monoisotopic (exact) mass is 279 g/mol. The molecule has 0 aliphatic heterocycles. The van der Waals surface area contributed by atoms with Crippen molar-refractivity contribution in [3.05, 3.63) is 60.3 Å². The van der Waals surface area contributed by atoms with Crippen LogP contribution in [-0.2, 0) is 0 Å². The van der Waals surface area contributed by atoms with E-state index in [1.54, 1.807) is 30.5 Å². The normalized spacial score (nSPS) is 10.5. The van der Waals surface area contributed by atoms with Gasteiger partial charge in [0.2, 0.25) is 0 Å². The number of hydrogen-bond donors (Lipinski definition) is 2. The number of anilines is 1. The maximum absolute atomic E-state index is 11.5. The highest BCUT2D eigenvalue weighted by Gasteiger charge is 2.12. The summed E-state index contributed by atoms with van der Waals surface area (Å²) in [6.07, 6.45) is 1.71. The summed E-state index contributed by atoms with van der Waals surface area (Å²) in [5.74, 6) is 0.357. The maximum Gasteiger partial charge on any atom is 0.252 e. The van der Waals surface area contributed by atoms with Gasteiger partial charge in [-0.15, -0.1) is 0 Å². The molecule has 0 spiro atoms. The third-order valence-electron chi connectivity index (χ3n) is 3.10. The first-order valence-electron chi connectivity index (χ1n) is 6.36. The van der Waals surface area contributed by atoms with Gasteiger partial charge < -0.3 is 16.2 Å². The molecule has 0 saturated heterocycles. The highest BCUT2D eigenvalue weighted by molar-refractivity contribution is 5.96. The Morgan fingerprint density at radius 2 is 1.90 bits per heavy atom. The molecular weight excluding hydrogens is 266 g/mol. The fraction of sp³-hybridized carbons (Fsp3) is 0. The van der Waals surface area contributed by atoms with E-state index in [1.165, 1.54) is 0 Å². The maximum atomic E-state index is 11.5. The molecule has 5 nitrogen and oxygen atoms in total. The number of carbonyl (C=O) groups excluding carboxylic acids is 1. The van der Waals surface area contributed by atoms with Crippen molar-refractivity contribution in [3.8, 4) is 11.5 Å². The molecule has 0 aliphatic carbocycles. The summed E-state index contributed by atoms with van der Waals surface area (Å²) in [4.78, 5) is 15.7. The molecule has 3 rings (SSSR count). The van der Waals surface area contributed by atoms with Gasteiger partial charge in [-0.1, -0.05) is 6.07 Å². The number of nitrogens with zero attached hydrogens (tertiary/aromatic N) is 1. The SMILES string of the molecule is NC(=O)c1ccc(N)cc1Oc1cccc2ncccc12. The summed E-state index contributed by atoms with van der Waals surface area (Å²) < 4.78 is 5.84. The Labute approximate surface area is 121 Å². The van der Waals surface area contributed by atoms with Crippen LogP contribution in [0.5, 0.6) is 11.5 Å². The quantitative estimate of drug-likeness (QED) is 0.721. The van der Waals surface area contributed by atoms with E-state index in [-0.39, 0.29) is 5.56 Å². The van der Waals surface area contributed by atoms with Crippen LogP contribution in [0.2, 0.25) is 0 Å². The van der Waals surface area contributed by atoms with Crippen molar-refractivity contribution in [3.63, 3.8) is 0 Å². The van der Waals surface area contributed by atoms with Crippen LogP contribution < -0.4 is 16.2 Å². The Bertz CT molecular complexity index is 825. The van der Waals surface area contributed by atoms with Crippen LogP contribution >= 0.6 is 0 Å². The molecule has 21 heavy (non-hydrogen) atoms. The molecule has 0 saturated carbocycles. The molecular formula is C16H13N3O2. The fourth-order valence-corrected chi connectivity index (χ4v) is 2.11. The molecule has 0 atom stereocenters. The van der Waals surface area contributed by atoms with Crippen molar-refractivity contribution in [2.45, 2.75) is 0 Å². The Balaban J connectivity index is 2.11. The number of ether oxygens (including phenoxy) is 1. The van der Waals surface area contributed by atoms with E-state index < -0.39 is 5.91 Å². The summed E-state index contributed by atoms with van der Waals surface area (Å²) in [6.45, 7) is 0. The number of benzene rings is 2. The molecule has 0 bridgehead atoms. The van der Waals surface area contributed by atoms with E-state index in [0.29, 0.717) is 17.2 Å². The van der Waals surface area contributed by atoms with Gasteiger partial charge in [-0.2, -0.15) is 0 Å². The van der Waals surface area contributed by atoms with Crippen LogP contribution in [-0.4, -0.2) is 10.9 Å². The standard InChI is InChI=1S/C16H13N3O2/c17-10-6-7-12(16(18)20)15(9-10)21-14-5-1-4-13-11(14)3-2-8-19-13/h1-9H,17H2,(H2,18,20). The Hall–Kier alpha value is -3.08. The molecule has 3 aromatic rings. The largest absolute Gasteiger partial charge is 0.456 e. The lowest BCUT2D eigenvalue weighted by Gasteiger charge is -2.11. The van der Waals surface area contributed by atoms with Crippen LogP contribution in [0.25, 0.3) is 10.9 Å². The first-order chi connectivity index (χ1) is 10.1. The molecule has 0 unspecified atom stereocenters. The number of amides is 1. The zero-order valence-electron chi connectivity index (χ0n) is 11.1. The van der Waals surface area contributed by atoms with Gasteiger partial charge in [-0.3, -0.25) is 9.78 Å². The minimum atomic E-state index is -0.566. The number of nitrogen functional groups attached to an aromatic ring is 1. The molecule has 5 heteroatoms. The number of pyridine rings is 1. The molecule has 4 N–H and O–H groups in total. The second-order valence-electron chi connectivity index (χ2n) is 4.55. The number of aromatic nitrogens is 1. The van der Waals surface area contributed by atoms with Crippen LogP contribution in [0, 0.1) is 0 Å². The van der Waals surface area contributed by atoms with Crippen molar-refractivity contribution in [2.24, 2.45) is 5.73 Å². The second kappa shape index (κ2) is 5.13. The zero-order valence-corrected chi connectivity index (χ0v) is 11.1. The predicted octanol–water partition coefficient (Wildman–Crippen LogP) is 2.71. The van der Waals surface area contributed by atoms with Crippen molar-refractivity contribution >= 4 is 22.5 Å². The Morgan fingerprint density at radius 1 is 1.05 bits per heavy atom. The average molecular weight is 279 g/mol. The molecule has 0 aliphatic rings. The van der Waals surface area contributed by atoms with Gasteiger partial charge >= 0.3 is 0 Å². The molecule has 1 amide bonds. The van der Waals surface area contributed by atoms with Gasteiger partial charge in [0, 0.05) is 23.3 Å². The van der Waals surface area contributed by atoms with Crippen LogP contribution in [0.4, 0.5) is 5.69 Å².